The molecule has 0 fully saturated rings. The Morgan fingerprint density at radius 2 is 2.00 bits per heavy atom. The summed E-state index contributed by atoms with van der Waals surface area (Å²) in [5.41, 5.74) is 2.15. The molecule has 0 bridgehead atoms. The molecule has 1 atom stereocenters. The van der Waals surface area contributed by atoms with E-state index in [0.717, 1.165) is 20.9 Å². The Morgan fingerprint density at radius 1 is 1.30 bits per heavy atom. The summed E-state index contributed by atoms with van der Waals surface area (Å²) >= 11 is 1.50. The number of carbonyl (C=O) groups excluding carboxylic acids is 1. The summed E-state index contributed by atoms with van der Waals surface area (Å²) in [6.45, 7) is 4.06. The molecule has 2 rings (SSSR count). The fourth-order valence-electron chi connectivity index (χ4n) is 2.05. The Bertz CT molecular complexity index is 558. The maximum Gasteiger partial charge on any atom is 0.261 e. The van der Waals surface area contributed by atoms with Crippen LogP contribution in [0.1, 0.15) is 38.1 Å². The van der Waals surface area contributed by atoms with Crippen LogP contribution < -0.4 is 5.32 Å². The number of nitrogens with one attached hydrogen (secondary N) is 1. The van der Waals surface area contributed by atoms with Crippen LogP contribution in [0.15, 0.2) is 36.4 Å². The molecule has 2 N–H and O–H groups in total. The van der Waals surface area contributed by atoms with Crippen LogP contribution in [0, 0.1) is 13.8 Å². The Kier molecular flexibility index (Phi) is 4.93. The van der Waals surface area contributed by atoms with E-state index in [1.54, 1.807) is 0 Å². The Labute approximate surface area is 123 Å². The van der Waals surface area contributed by atoms with Crippen LogP contribution in [0.3, 0.4) is 0 Å². The zero-order chi connectivity index (χ0) is 14.5. The summed E-state index contributed by atoms with van der Waals surface area (Å²) in [6, 6.07) is 11.5. The van der Waals surface area contributed by atoms with Gasteiger partial charge in [-0.3, -0.25) is 4.79 Å². The maximum absolute atomic E-state index is 12.3. The van der Waals surface area contributed by atoms with Crippen molar-refractivity contribution in [2.45, 2.75) is 26.3 Å². The number of hydrogen-bond acceptors (Lipinski definition) is 3. The fraction of sp³-hybridized carbons (Fsp3) is 0.312. The number of thiophene rings is 1. The van der Waals surface area contributed by atoms with Gasteiger partial charge in [-0.15, -0.1) is 11.3 Å². The van der Waals surface area contributed by atoms with Gasteiger partial charge in [-0.05, 0) is 37.5 Å². The molecule has 1 heterocycles. The molecule has 0 aliphatic carbocycles. The van der Waals surface area contributed by atoms with Crippen LogP contribution in [0.5, 0.6) is 0 Å². The van der Waals surface area contributed by atoms with Crippen molar-refractivity contribution in [3.63, 3.8) is 0 Å². The molecule has 0 spiro atoms. The Morgan fingerprint density at radius 3 is 2.55 bits per heavy atom. The highest BCUT2D eigenvalue weighted by atomic mass is 32.1. The summed E-state index contributed by atoms with van der Waals surface area (Å²) in [4.78, 5) is 14.2. The zero-order valence-electron chi connectivity index (χ0n) is 11.7. The van der Waals surface area contributed by atoms with Gasteiger partial charge in [0.1, 0.15) is 0 Å². The molecule has 1 aromatic heterocycles. The van der Waals surface area contributed by atoms with E-state index >= 15 is 0 Å². The van der Waals surface area contributed by atoms with E-state index < -0.39 is 0 Å². The number of aliphatic hydroxyl groups excluding tert-OH is 1. The van der Waals surface area contributed by atoms with Gasteiger partial charge in [-0.1, -0.05) is 30.3 Å². The molecule has 1 unspecified atom stereocenters. The van der Waals surface area contributed by atoms with Gasteiger partial charge in [0.2, 0.25) is 0 Å². The molecule has 0 radical (unpaired) electrons. The predicted molar refractivity (Wildman–Crippen MR) is 82.1 cm³/mol. The van der Waals surface area contributed by atoms with E-state index in [4.69, 9.17) is 0 Å². The van der Waals surface area contributed by atoms with Crippen LogP contribution in [0.25, 0.3) is 0 Å². The number of benzene rings is 1. The quantitative estimate of drug-likeness (QED) is 0.888. The van der Waals surface area contributed by atoms with E-state index in [1.165, 1.54) is 11.3 Å². The standard InChI is InChI=1S/C16H19NO2S/c1-11-10-15(20-12(11)2)16(19)17-14(8-9-18)13-6-4-3-5-7-13/h3-7,10,14,18H,8-9H2,1-2H3,(H,17,19). The van der Waals surface area contributed by atoms with Gasteiger partial charge in [0.15, 0.2) is 0 Å². The van der Waals surface area contributed by atoms with Gasteiger partial charge >= 0.3 is 0 Å². The van der Waals surface area contributed by atoms with E-state index in [1.807, 2.05) is 50.2 Å². The van der Waals surface area contributed by atoms with Crippen LogP contribution in [0.4, 0.5) is 0 Å². The molecule has 20 heavy (non-hydrogen) atoms. The molecule has 1 amide bonds. The summed E-state index contributed by atoms with van der Waals surface area (Å²) < 4.78 is 0. The molecule has 4 heteroatoms. The lowest BCUT2D eigenvalue weighted by molar-refractivity contribution is 0.0934. The highest BCUT2D eigenvalue weighted by Gasteiger charge is 2.17. The van der Waals surface area contributed by atoms with Gasteiger partial charge < -0.3 is 10.4 Å². The molecule has 106 valence electrons. The van der Waals surface area contributed by atoms with Gasteiger partial charge in [0.25, 0.3) is 5.91 Å². The average molecular weight is 289 g/mol. The number of aliphatic hydroxyl groups is 1. The second-order valence-electron chi connectivity index (χ2n) is 4.80. The lowest BCUT2D eigenvalue weighted by atomic mass is 10.0. The molecule has 0 aliphatic heterocycles. The highest BCUT2D eigenvalue weighted by Crippen LogP contribution is 2.22. The van der Waals surface area contributed by atoms with Gasteiger partial charge in [0, 0.05) is 11.5 Å². The van der Waals surface area contributed by atoms with Crippen molar-refractivity contribution in [1.82, 2.24) is 5.32 Å². The maximum atomic E-state index is 12.3. The SMILES string of the molecule is Cc1cc(C(=O)NC(CCO)c2ccccc2)sc1C. The van der Waals surface area contributed by atoms with Crippen molar-refractivity contribution in [1.29, 1.82) is 0 Å². The van der Waals surface area contributed by atoms with Gasteiger partial charge in [-0.25, -0.2) is 0 Å². The molecule has 0 aliphatic rings. The minimum atomic E-state index is -0.156. The van der Waals surface area contributed by atoms with E-state index in [9.17, 15) is 9.90 Å². The first-order valence-corrected chi connectivity index (χ1v) is 7.47. The first kappa shape index (κ1) is 14.8. The zero-order valence-corrected chi connectivity index (χ0v) is 12.5. The lowest BCUT2D eigenvalue weighted by Gasteiger charge is -2.17. The second kappa shape index (κ2) is 6.68. The lowest BCUT2D eigenvalue weighted by Crippen LogP contribution is -2.28. The van der Waals surface area contributed by atoms with E-state index in [-0.39, 0.29) is 18.6 Å². The van der Waals surface area contributed by atoms with Crippen LogP contribution in [-0.2, 0) is 0 Å². The summed E-state index contributed by atoms with van der Waals surface area (Å²) in [7, 11) is 0. The third kappa shape index (κ3) is 3.46. The third-order valence-electron chi connectivity index (χ3n) is 3.31. The van der Waals surface area contributed by atoms with Crippen molar-refractivity contribution in [3.8, 4) is 0 Å². The molecule has 0 saturated heterocycles. The topological polar surface area (TPSA) is 49.3 Å². The Hall–Kier alpha value is -1.65. The first-order valence-electron chi connectivity index (χ1n) is 6.65. The average Bonchev–Trinajstić information content (AvgIpc) is 2.79. The predicted octanol–water partition coefficient (Wildman–Crippen LogP) is 3.22. The molecule has 3 nitrogen and oxygen atoms in total. The largest absolute Gasteiger partial charge is 0.396 e. The van der Waals surface area contributed by atoms with Crippen LogP contribution in [-0.4, -0.2) is 17.6 Å². The molecule has 1 aromatic carbocycles. The summed E-state index contributed by atoms with van der Waals surface area (Å²) in [6.07, 6.45) is 0.513. The van der Waals surface area contributed by atoms with Crippen molar-refractivity contribution in [2.24, 2.45) is 0 Å². The summed E-state index contributed by atoms with van der Waals surface area (Å²) in [5, 5.41) is 12.2. The smallest absolute Gasteiger partial charge is 0.261 e. The number of carbonyl (C=O) groups is 1. The normalized spacial score (nSPS) is 12.2. The van der Waals surface area contributed by atoms with E-state index in [2.05, 4.69) is 5.32 Å². The molecule has 2 aromatic rings. The van der Waals surface area contributed by atoms with Crippen molar-refractivity contribution < 1.29 is 9.90 Å². The molecule has 0 saturated carbocycles. The van der Waals surface area contributed by atoms with Crippen molar-refractivity contribution >= 4 is 17.2 Å². The number of aryl methyl sites for hydroxylation is 2. The molecular weight excluding hydrogens is 270 g/mol. The Balaban J connectivity index is 2.14. The highest BCUT2D eigenvalue weighted by molar-refractivity contribution is 7.14. The van der Waals surface area contributed by atoms with Crippen molar-refractivity contribution in [2.75, 3.05) is 6.61 Å². The fourth-order valence-corrected chi connectivity index (χ4v) is 2.99. The summed E-state index contributed by atoms with van der Waals surface area (Å²) in [5.74, 6) is -0.0755. The van der Waals surface area contributed by atoms with Gasteiger partial charge in [0.05, 0.1) is 10.9 Å². The minimum absolute atomic E-state index is 0.0440. The molecular formula is C16H19NO2S. The number of rotatable bonds is 5. The third-order valence-corrected chi connectivity index (χ3v) is 4.47. The second-order valence-corrected chi connectivity index (χ2v) is 6.06. The number of amides is 1. The van der Waals surface area contributed by atoms with Crippen molar-refractivity contribution in [3.05, 3.63) is 57.3 Å². The first-order chi connectivity index (χ1) is 9.61. The van der Waals surface area contributed by atoms with Crippen LogP contribution in [0.2, 0.25) is 0 Å². The van der Waals surface area contributed by atoms with E-state index in [0.29, 0.717) is 6.42 Å². The number of hydrogen-bond donors (Lipinski definition) is 2. The van der Waals surface area contributed by atoms with Gasteiger partial charge in [-0.2, -0.15) is 0 Å². The minimum Gasteiger partial charge on any atom is -0.396 e. The monoisotopic (exact) mass is 289 g/mol. The van der Waals surface area contributed by atoms with Crippen LogP contribution >= 0.6 is 11.3 Å².